The summed E-state index contributed by atoms with van der Waals surface area (Å²) >= 11 is 15.7. The number of likely N-dealkylation sites (N-methyl/N-ethyl adjacent to an activating group) is 1. The summed E-state index contributed by atoms with van der Waals surface area (Å²) in [6.07, 6.45) is -3.35. The van der Waals surface area contributed by atoms with Gasteiger partial charge in [0.25, 0.3) is 0 Å². The molecule has 0 aromatic heterocycles. The van der Waals surface area contributed by atoms with Gasteiger partial charge in [0.15, 0.2) is 0 Å². The Kier molecular flexibility index (Phi) is 47.2. The predicted molar refractivity (Wildman–Crippen MR) is 628 cm³/mol. The maximum Gasteiger partial charge on any atom is 0.131 e. The first kappa shape index (κ1) is 115. The van der Waals surface area contributed by atoms with E-state index >= 15 is 0 Å². The molecule has 0 radical (unpaired) electrons. The summed E-state index contributed by atoms with van der Waals surface area (Å²) in [5.74, 6) is 0. The molecule has 6 unspecified atom stereocenters. The molecule has 19 rings (SSSR count). The average molecular weight is 2290 g/mol. The van der Waals surface area contributed by atoms with Gasteiger partial charge in [-0.15, -0.1) is 0 Å². The summed E-state index contributed by atoms with van der Waals surface area (Å²) in [5, 5.41) is 59.5. The van der Waals surface area contributed by atoms with Gasteiger partial charge in [-0.25, -0.2) is 8.78 Å². The first-order valence-electron chi connectivity index (χ1n) is 52.5. The van der Waals surface area contributed by atoms with E-state index in [9.17, 15) is 29.2 Å². The SMILES string of the molecule is CN1CCN(CC(O)CN2c3ccccc3Sc3ccccc32)CC1.Cc1ccc(N(CC(F)CN2CCNCC2)c2ccc(Br)cc2)cc1.Cc1ccc(N(CC(O)CN2CCNCC2)c2ccc(Br)cc2)cc1.Cc1ccc(N(CC(O)CN2CCNCC2)c2ccc(C)cc2)cc1.FC(CN1CCNCC1)CN(c1ccccc1)c1ccc(Br)cc1.OC(CN1CCNCC1)CN(c1ccccc1)c1ccc(Br)cc1. The van der Waals surface area contributed by atoms with Crippen LogP contribution in [0.25, 0.3) is 0 Å². The largest absolute Gasteiger partial charge is 0.390 e. The first-order valence-corrected chi connectivity index (χ1v) is 56.5. The Morgan fingerprint density at radius 1 is 0.250 bits per heavy atom. The molecule has 6 saturated heterocycles. The number of hydrogen-bond donors (Lipinski definition) is 9. The van der Waals surface area contributed by atoms with Gasteiger partial charge >= 0.3 is 0 Å². The lowest BCUT2D eigenvalue weighted by atomic mass is 10.1. The van der Waals surface area contributed by atoms with Crippen LogP contribution in [0, 0.1) is 27.7 Å². The fourth-order valence-corrected chi connectivity index (χ4v) is 21.4. The van der Waals surface area contributed by atoms with Crippen LogP contribution in [0.15, 0.2) is 331 Å². The van der Waals surface area contributed by atoms with E-state index in [1.165, 1.54) is 43.4 Å². The molecule has 7 aliphatic heterocycles. The molecule has 0 aliphatic carbocycles. The second-order valence-corrected chi connectivity index (χ2v) is 44.0. The van der Waals surface area contributed by atoms with E-state index in [4.69, 9.17) is 0 Å². The number of aliphatic hydroxyl groups excluding tert-OH is 4. The van der Waals surface area contributed by atoms with Crippen LogP contribution in [-0.2, 0) is 0 Å². The molecule has 9 N–H and O–H groups in total. The summed E-state index contributed by atoms with van der Waals surface area (Å²) in [5.41, 5.74) is 18.0. The third-order valence-corrected chi connectivity index (χ3v) is 30.6. The molecule has 12 aromatic carbocycles. The molecule has 0 spiro atoms. The average Bonchev–Trinajstić information content (AvgIpc) is 0.771. The number of hydrogen-bond acceptors (Lipinski definition) is 23. The number of nitrogens with one attached hydrogen (secondary N) is 5. The van der Waals surface area contributed by atoms with Gasteiger partial charge in [-0.1, -0.05) is 207 Å². The third kappa shape index (κ3) is 37.7. The van der Waals surface area contributed by atoms with Gasteiger partial charge in [-0.05, 0) is 229 Å². The van der Waals surface area contributed by atoms with Crippen LogP contribution in [-0.4, -0.2) is 334 Å². The molecule has 12 aromatic rings. The second kappa shape index (κ2) is 61.0. The van der Waals surface area contributed by atoms with Crippen LogP contribution in [0.5, 0.6) is 0 Å². The van der Waals surface area contributed by atoms with Gasteiger partial charge in [0, 0.05) is 281 Å². The normalized spacial score (nSPS) is 17.1. The van der Waals surface area contributed by atoms with Crippen LogP contribution in [0.4, 0.5) is 77.0 Å². The van der Waals surface area contributed by atoms with E-state index < -0.39 is 24.6 Å². The predicted octanol–water partition coefficient (Wildman–Crippen LogP) is 19.6. The number of β-amino-alcohol motifs (C(OH)–C–C–N with tert-alkyl or cyclic N) is 4. The van der Waals surface area contributed by atoms with E-state index in [0.29, 0.717) is 65.4 Å². The Bertz CT molecular complexity index is 5180. The van der Waals surface area contributed by atoms with Crippen molar-refractivity contribution in [2.45, 2.75) is 74.2 Å². The second-order valence-electron chi connectivity index (χ2n) is 39.3. The Labute approximate surface area is 916 Å². The van der Waals surface area contributed by atoms with Crippen molar-refractivity contribution in [1.82, 2.24) is 60.9 Å². The zero-order valence-electron chi connectivity index (χ0n) is 86.6. The zero-order chi connectivity index (χ0) is 104. The van der Waals surface area contributed by atoms with Gasteiger partial charge in [-0.3, -0.25) is 29.4 Å². The maximum absolute atomic E-state index is 14.9. The molecule has 148 heavy (non-hydrogen) atoms. The highest BCUT2D eigenvalue weighted by atomic mass is 79.9. The Balaban J connectivity index is 0.000000140. The van der Waals surface area contributed by atoms with Gasteiger partial charge in [-0.2, -0.15) is 0 Å². The van der Waals surface area contributed by atoms with Crippen LogP contribution in [0.1, 0.15) is 22.3 Å². The van der Waals surface area contributed by atoms with Crippen molar-refractivity contribution in [2.75, 3.05) is 272 Å². The summed E-state index contributed by atoms with van der Waals surface area (Å²) < 4.78 is 33.8. The van der Waals surface area contributed by atoms with Crippen LogP contribution < -0.4 is 56.0 Å². The molecule has 7 aliphatic rings. The van der Waals surface area contributed by atoms with Crippen molar-refractivity contribution in [3.8, 4) is 0 Å². The molecule has 6 fully saturated rings. The number of alkyl halides is 2. The number of nitrogens with zero attached hydrogens (tertiary/aromatic N) is 13. The molecule has 7 heterocycles. The number of anilines is 12. The number of piperazine rings is 6. The number of rotatable bonds is 34. The molecule has 6 atom stereocenters. The van der Waals surface area contributed by atoms with E-state index in [-0.39, 0.29) is 12.2 Å². The standard InChI is InChI=1S/C21H29N3O.C20H25BrFN3.C20H26BrN3O.C20H25N3OS.C19H23BrFN3.C19H24BrN3O/c1-17-3-7-19(8-4-17)24(20-9-5-18(2)6-10-20)16-21(25)15-23-13-11-22-12-14-23;1-16-2-6-19(7-3-16)25(20-8-4-17(21)5-9-20)15-18(22)14-24-12-10-23-11-13-24;1-16-2-6-18(7-3-16)24(19-8-4-17(21)5-9-19)15-20(25)14-23-12-10-22-11-13-23;1-21-10-12-22(13-11-21)14-16(24)15-23-17-6-2-4-8-19(17)25-20-9-5-3-7-18(20)23;20-16-6-8-19(9-7-16)24(18-4-2-1-3-5-18)15-17(21)14-23-12-10-22-11-13-23;20-16-6-8-18(9-7-16)23(17-4-2-1-3-5-17)15-19(24)14-22-12-10-21-11-13-22/h3-10,21-22,25H,11-16H2,1-2H3;2-9,18,23H,10-15H2,1H3;2-9,20,22,25H,10-15H2,1H3;2-9,16,24H,10-15H2,1H3;1-9,17,22H,10-15H2;1-9,19,21,24H,10-15H2. The fraction of sp³-hybridized carbons (Fsp3) is 0.395. The number of aliphatic hydroxyl groups is 4. The first-order chi connectivity index (χ1) is 72.0. The van der Waals surface area contributed by atoms with Crippen molar-refractivity contribution in [2.24, 2.45) is 0 Å². The third-order valence-electron chi connectivity index (χ3n) is 27.4. The Hall–Kier alpha value is -9.07. The molecular formula is C119H152Br4F2N18O4S. The van der Waals surface area contributed by atoms with E-state index in [1.807, 2.05) is 133 Å². The topological polar surface area (TPSA) is 183 Å². The lowest BCUT2D eigenvalue weighted by Gasteiger charge is -2.37. The van der Waals surface area contributed by atoms with Crippen LogP contribution in [0.3, 0.4) is 0 Å². The smallest absolute Gasteiger partial charge is 0.131 e. The summed E-state index contributed by atoms with van der Waals surface area (Å²) in [6, 6.07) is 104. The molecule has 790 valence electrons. The van der Waals surface area contributed by atoms with Gasteiger partial charge in [0.05, 0.1) is 75.1 Å². The lowest BCUT2D eigenvalue weighted by Crippen LogP contribution is -2.48. The molecule has 0 amide bonds. The van der Waals surface area contributed by atoms with E-state index in [1.54, 1.807) is 0 Å². The number of halogens is 6. The lowest BCUT2D eigenvalue weighted by molar-refractivity contribution is 0.0847. The summed E-state index contributed by atoms with van der Waals surface area (Å²) in [6.45, 7) is 39.0. The van der Waals surface area contributed by atoms with Gasteiger partial charge in [0.1, 0.15) is 12.3 Å². The van der Waals surface area contributed by atoms with E-state index in [2.05, 4.69) is 371 Å². The van der Waals surface area contributed by atoms with Crippen molar-refractivity contribution in [3.63, 3.8) is 0 Å². The Morgan fingerprint density at radius 3 is 0.723 bits per heavy atom. The highest BCUT2D eigenvalue weighted by Gasteiger charge is 2.30. The highest BCUT2D eigenvalue weighted by Crippen LogP contribution is 2.48. The zero-order valence-corrected chi connectivity index (χ0v) is 93.7. The van der Waals surface area contributed by atoms with Crippen molar-refractivity contribution < 1.29 is 29.2 Å². The van der Waals surface area contributed by atoms with Gasteiger partial charge < -0.3 is 81.3 Å². The number of aryl methyl sites for hydroxylation is 4. The number of para-hydroxylation sites is 4. The van der Waals surface area contributed by atoms with Crippen molar-refractivity contribution in [1.29, 1.82) is 0 Å². The highest BCUT2D eigenvalue weighted by molar-refractivity contribution is 9.11. The van der Waals surface area contributed by atoms with Gasteiger partial charge in [0.2, 0.25) is 0 Å². The van der Waals surface area contributed by atoms with Crippen molar-refractivity contribution in [3.05, 3.63) is 343 Å². The Morgan fingerprint density at radius 2 is 0.459 bits per heavy atom. The minimum absolute atomic E-state index is 0.356. The van der Waals surface area contributed by atoms with Crippen molar-refractivity contribution >= 4 is 144 Å². The molecule has 0 saturated carbocycles. The summed E-state index contributed by atoms with van der Waals surface area (Å²) in [7, 11) is 2.16. The molecule has 29 heteroatoms. The minimum Gasteiger partial charge on any atom is -0.390 e. The minimum atomic E-state index is -0.900. The van der Waals surface area contributed by atoms with E-state index in [0.717, 1.165) is 245 Å². The summed E-state index contributed by atoms with van der Waals surface area (Å²) in [4.78, 5) is 31.6. The molecular weight excluding hydrogens is 2140 g/mol. The monoisotopic (exact) mass is 2280 g/mol. The maximum atomic E-state index is 14.9. The number of fused-ring (bicyclic) bond motifs is 2. The van der Waals surface area contributed by atoms with Crippen LogP contribution in [0.2, 0.25) is 0 Å². The molecule has 22 nitrogen and oxygen atoms in total. The van der Waals surface area contributed by atoms with Crippen LogP contribution >= 0.6 is 75.5 Å². The fourth-order valence-electron chi connectivity index (χ4n) is 19.2. The number of benzene rings is 12. The molecule has 0 bridgehead atoms. The quantitative estimate of drug-likeness (QED) is 0.0185.